The van der Waals surface area contributed by atoms with Gasteiger partial charge in [0.2, 0.25) is 5.82 Å². The maximum absolute atomic E-state index is 12.7. The summed E-state index contributed by atoms with van der Waals surface area (Å²) in [6, 6.07) is 3.72. The summed E-state index contributed by atoms with van der Waals surface area (Å²) in [7, 11) is 0. The van der Waals surface area contributed by atoms with E-state index >= 15 is 0 Å². The Labute approximate surface area is 151 Å². The van der Waals surface area contributed by atoms with Crippen LogP contribution >= 0.6 is 0 Å². The Bertz CT molecular complexity index is 968. The number of aryl methyl sites for hydroxylation is 1. The molecule has 13 heteroatoms. The predicted molar refractivity (Wildman–Crippen MR) is 86.3 cm³/mol. The number of nitrogens with zero attached hydrogens (tertiary/aromatic N) is 9. The molecule has 0 aliphatic carbocycles. The Kier molecular flexibility index (Phi) is 5.17. The molecule has 138 valence electrons. The molecule has 27 heavy (non-hydrogen) atoms. The fourth-order valence-corrected chi connectivity index (χ4v) is 2.61. The molecule has 3 aromatic rings. The van der Waals surface area contributed by atoms with Gasteiger partial charge in [-0.2, -0.15) is 15.3 Å². The maximum Gasteiger partial charge on any atom is 0.291 e. The van der Waals surface area contributed by atoms with E-state index in [9.17, 15) is 4.79 Å². The molecule has 0 saturated carbocycles. The fourth-order valence-electron chi connectivity index (χ4n) is 2.61. The van der Waals surface area contributed by atoms with Crippen LogP contribution in [0, 0.1) is 11.3 Å². The van der Waals surface area contributed by atoms with Gasteiger partial charge < -0.3 is 10.0 Å². The number of carbonyl (C=O) groups is 2. The molecular formula is C14H14N10O3. The molecule has 4 rings (SSSR count). The van der Waals surface area contributed by atoms with Crippen molar-refractivity contribution in [1.29, 1.82) is 5.26 Å². The summed E-state index contributed by atoms with van der Waals surface area (Å²) >= 11 is 0. The minimum Gasteiger partial charge on any atom is -0.483 e. The van der Waals surface area contributed by atoms with E-state index in [1.807, 2.05) is 6.07 Å². The molecule has 0 bridgehead atoms. The molecule has 1 aliphatic rings. The zero-order valence-corrected chi connectivity index (χ0v) is 13.9. The normalized spacial score (nSPS) is 12.9. The highest BCUT2D eigenvalue weighted by atomic mass is 16.3. The summed E-state index contributed by atoms with van der Waals surface area (Å²) in [5.41, 5.74) is 1.19. The number of hydrogen-bond acceptors (Lipinski definition) is 8. The van der Waals surface area contributed by atoms with E-state index in [4.69, 9.17) is 15.2 Å². The largest absolute Gasteiger partial charge is 0.483 e. The molecule has 13 nitrogen and oxygen atoms in total. The minimum absolute atomic E-state index is 0.146. The number of carbonyl (C=O) groups excluding carboxylic acids is 1. The highest BCUT2D eigenvalue weighted by Gasteiger charge is 2.24. The first-order chi connectivity index (χ1) is 13.2. The van der Waals surface area contributed by atoms with Gasteiger partial charge in [-0.1, -0.05) is 0 Å². The molecule has 0 fully saturated rings. The van der Waals surface area contributed by atoms with Crippen LogP contribution in [-0.4, -0.2) is 68.7 Å². The van der Waals surface area contributed by atoms with E-state index in [0.29, 0.717) is 31.3 Å². The van der Waals surface area contributed by atoms with Gasteiger partial charge in [0.25, 0.3) is 18.3 Å². The van der Waals surface area contributed by atoms with Crippen LogP contribution in [0.3, 0.4) is 0 Å². The highest BCUT2D eigenvalue weighted by Crippen LogP contribution is 2.15. The van der Waals surface area contributed by atoms with Crippen LogP contribution in [0.4, 0.5) is 0 Å². The molecule has 0 radical (unpaired) electrons. The van der Waals surface area contributed by atoms with E-state index in [-0.39, 0.29) is 18.2 Å². The van der Waals surface area contributed by atoms with Gasteiger partial charge in [0.15, 0.2) is 5.69 Å². The van der Waals surface area contributed by atoms with Crippen LogP contribution < -0.4 is 0 Å². The quantitative estimate of drug-likeness (QED) is 0.548. The van der Waals surface area contributed by atoms with E-state index in [2.05, 4.69) is 30.5 Å². The SMILES string of the molecule is N#Cc1cc2n(n1)CCCN(C(=O)c1nc(-n3cnnc3)n[nH]1)C2.O=CO. The third kappa shape index (κ3) is 3.79. The Balaban J connectivity index is 0.000000659. The molecule has 0 spiro atoms. The zero-order chi connectivity index (χ0) is 19.2. The number of aromatic nitrogens is 8. The zero-order valence-electron chi connectivity index (χ0n) is 13.9. The van der Waals surface area contributed by atoms with Gasteiger partial charge in [-0.05, 0) is 12.5 Å². The summed E-state index contributed by atoms with van der Waals surface area (Å²) < 4.78 is 3.28. The van der Waals surface area contributed by atoms with E-state index in [0.717, 1.165) is 12.1 Å². The number of aromatic amines is 1. The first kappa shape index (κ1) is 17.7. The Morgan fingerprint density at radius 3 is 2.78 bits per heavy atom. The van der Waals surface area contributed by atoms with E-state index in [1.54, 1.807) is 15.6 Å². The second-order valence-corrected chi connectivity index (χ2v) is 5.39. The van der Waals surface area contributed by atoms with Crippen molar-refractivity contribution in [2.75, 3.05) is 6.54 Å². The standard InChI is InChI=1S/C13H12N10O.CH2O2/c14-5-9-4-10-6-21(2-1-3-23(10)20-9)12(24)11-17-13(19-18-11)22-7-15-16-8-22;2-1-3/h4,7-8H,1-3,6H2,(H,17,18,19);1H,(H,2,3). The molecule has 0 unspecified atom stereocenters. The predicted octanol–water partition coefficient (Wildman–Crippen LogP) is -0.800. The smallest absolute Gasteiger partial charge is 0.291 e. The molecule has 1 aliphatic heterocycles. The lowest BCUT2D eigenvalue weighted by molar-refractivity contribution is -0.122. The van der Waals surface area contributed by atoms with Crippen LogP contribution in [0.2, 0.25) is 0 Å². The number of nitrogens with one attached hydrogen (secondary N) is 1. The third-order valence-electron chi connectivity index (χ3n) is 3.74. The first-order valence-corrected chi connectivity index (χ1v) is 7.77. The molecule has 0 aromatic carbocycles. The lowest BCUT2D eigenvalue weighted by atomic mass is 10.3. The maximum atomic E-state index is 12.7. The second-order valence-electron chi connectivity index (χ2n) is 5.39. The molecule has 2 N–H and O–H groups in total. The van der Waals surface area contributed by atoms with Gasteiger partial charge in [0, 0.05) is 13.1 Å². The van der Waals surface area contributed by atoms with Crippen LogP contribution in [-0.2, 0) is 17.9 Å². The number of fused-ring (bicyclic) bond motifs is 1. The van der Waals surface area contributed by atoms with Gasteiger partial charge in [0.1, 0.15) is 18.7 Å². The summed E-state index contributed by atoms with van der Waals surface area (Å²) in [5.74, 6) is 0.192. The summed E-state index contributed by atoms with van der Waals surface area (Å²) in [6.07, 6.45) is 3.65. The number of rotatable bonds is 2. The van der Waals surface area contributed by atoms with Gasteiger partial charge in [0.05, 0.1) is 12.2 Å². The summed E-state index contributed by atoms with van der Waals surface area (Å²) in [6.45, 7) is 1.37. The van der Waals surface area contributed by atoms with Gasteiger partial charge in [-0.3, -0.25) is 23.9 Å². The van der Waals surface area contributed by atoms with Crippen molar-refractivity contribution in [2.24, 2.45) is 0 Å². The van der Waals surface area contributed by atoms with E-state index < -0.39 is 0 Å². The van der Waals surface area contributed by atoms with Crippen molar-refractivity contribution in [3.05, 3.63) is 35.9 Å². The average Bonchev–Trinajstić information content (AvgIpc) is 3.40. The van der Waals surface area contributed by atoms with Crippen molar-refractivity contribution in [3.63, 3.8) is 0 Å². The van der Waals surface area contributed by atoms with Crippen LogP contribution in [0.15, 0.2) is 18.7 Å². The Hall–Kier alpha value is -4.08. The number of carboxylic acid groups (broad SMARTS) is 1. The first-order valence-electron chi connectivity index (χ1n) is 7.77. The van der Waals surface area contributed by atoms with E-state index in [1.165, 1.54) is 17.2 Å². The summed E-state index contributed by atoms with van der Waals surface area (Å²) in [5, 5.41) is 34.1. The molecular weight excluding hydrogens is 356 g/mol. The van der Waals surface area contributed by atoms with Crippen molar-refractivity contribution in [3.8, 4) is 12.0 Å². The number of nitriles is 1. The fraction of sp³-hybridized carbons (Fsp3) is 0.286. The Morgan fingerprint density at radius 2 is 2.07 bits per heavy atom. The van der Waals surface area contributed by atoms with Crippen LogP contribution in [0.1, 0.15) is 28.4 Å². The Morgan fingerprint density at radius 1 is 1.33 bits per heavy atom. The van der Waals surface area contributed by atoms with Crippen molar-refractivity contribution in [1.82, 2.24) is 44.6 Å². The van der Waals surface area contributed by atoms with Gasteiger partial charge >= 0.3 is 0 Å². The average molecular weight is 370 g/mol. The third-order valence-corrected chi connectivity index (χ3v) is 3.74. The van der Waals surface area contributed by atoms with Crippen LogP contribution in [0.25, 0.3) is 5.95 Å². The summed E-state index contributed by atoms with van der Waals surface area (Å²) in [4.78, 5) is 26.9. The van der Waals surface area contributed by atoms with Gasteiger partial charge in [-0.15, -0.1) is 15.3 Å². The van der Waals surface area contributed by atoms with Crippen molar-refractivity contribution in [2.45, 2.75) is 19.5 Å². The monoisotopic (exact) mass is 370 g/mol. The lowest BCUT2D eigenvalue weighted by Gasteiger charge is -2.18. The van der Waals surface area contributed by atoms with Crippen LogP contribution in [0.5, 0.6) is 0 Å². The van der Waals surface area contributed by atoms with Gasteiger partial charge in [-0.25, -0.2) is 0 Å². The molecule has 0 saturated heterocycles. The van der Waals surface area contributed by atoms with Crippen molar-refractivity contribution < 1.29 is 14.7 Å². The second kappa shape index (κ2) is 7.87. The minimum atomic E-state index is -0.255. The number of H-pyrrole nitrogens is 1. The van der Waals surface area contributed by atoms with Crippen molar-refractivity contribution >= 4 is 12.4 Å². The molecule has 1 amide bonds. The number of hydrogen-bond donors (Lipinski definition) is 2. The molecule has 3 aromatic heterocycles. The topological polar surface area (TPSA) is 172 Å². The highest BCUT2D eigenvalue weighted by molar-refractivity contribution is 5.90. The molecule has 4 heterocycles. The number of amides is 1. The lowest BCUT2D eigenvalue weighted by Crippen LogP contribution is -2.31. The molecule has 0 atom stereocenters.